The van der Waals surface area contributed by atoms with Crippen molar-refractivity contribution >= 4 is 23.1 Å². The number of thiophene rings is 1. The maximum absolute atomic E-state index is 5.79. The molecule has 23 heavy (non-hydrogen) atoms. The normalized spacial score (nSPS) is 17.4. The van der Waals surface area contributed by atoms with Crippen LogP contribution in [0.25, 0.3) is 10.8 Å². The van der Waals surface area contributed by atoms with Gasteiger partial charge in [0.05, 0.1) is 16.3 Å². The predicted molar refractivity (Wildman–Crippen MR) is 89.6 cm³/mol. The number of hydrogen-bond donors (Lipinski definition) is 0. The smallest absolute Gasteiger partial charge is 0.277 e. The quantitative estimate of drug-likeness (QED) is 0.647. The van der Waals surface area contributed by atoms with Crippen LogP contribution in [-0.4, -0.2) is 15.4 Å². The van der Waals surface area contributed by atoms with E-state index >= 15 is 0 Å². The van der Waals surface area contributed by atoms with Gasteiger partial charge < -0.3 is 8.94 Å². The summed E-state index contributed by atoms with van der Waals surface area (Å²) in [4.78, 5) is 2.56. The number of rotatable bonds is 4. The topological polar surface area (TPSA) is 65.0 Å². The molecule has 0 bridgehead atoms. The van der Waals surface area contributed by atoms with Gasteiger partial charge in [0.2, 0.25) is 0 Å². The van der Waals surface area contributed by atoms with E-state index in [1.807, 2.05) is 13.0 Å². The molecule has 0 unspecified atom stereocenters. The first-order chi connectivity index (χ1) is 11.2. The zero-order valence-corrected chi connectivity index (χ0v) is 14.7. The van der Waals surface area contributed by atoms with E-state index in [-0.39, 0.29) is 0 Å². The molecule has 0 fully saturated rings. The van der Waals surface area contributed by atoms with E-state index < -0.39 is 0 Å². The van der Waals surface area contributed by atoms with Crippen molar-refractivity contribution in [3.8, 4) is 10.8 Å². The van der Waals surface area contributed by atoms with Gasteiger partial charge in [-0.2, -0.15) is 0 Å². The minimum atomic E-state index is 0.564. The highest BCUT2D eigenvalue weighted by atomic mass is 32.2. The molecule has 120 valence electrons. The highest BCUT2D eigenvalue weighted by molar-refractivity contribution is 7.98. The number of aryl methyl sites for hydroxylation is 2. The van der Waals surface area contributed by atoms with Crippen LogP contribution in [0, 0.1) is 12.8 Å². The summed E-state index contributed by atoms with van der Waals surface area (Å²) in [5.41, 5.74) is 2.33. The van der Waals surface area contributed by atoms with Gasteiger partial charge in [-0.1, -0.05) is 23.8 Å². The first kappa shape index (κ1) is 15.0. The van der Waals surface area contributed by atoms with Crippen molar-refractivity contribution in [2.75, 3.05) is 0 Å². The van der Waals surface area contributed by atoms with E-state index in [0.29, 0.717) is 16.9 Å². The molecule has 1 aliphatic carbocycles. The Morgan fingerprint density at radius 3 is 3.09 bits per heavy atom. The monoisotopic (exact) mass is 347 g/mol. The molecular formula is C16H17N3O2S2. The molecule has 3 aromatic heterocycles. The summed E-state index contributed by atoms with van der Waals surface area (Å²) < 4.78 is 11.0. The Balaban J connectivity index is 1.47. The van der Waals surface area contributed by atoms with Gasteiger partial charge >= 0.3 is 0 Å². The van der Waals surface area contributed by atoms with Crippen LogP contribution in [0.3, 0.4) is 0 Å². The highest BCUT2D eigenvalue weighted by Crippen LogP contribution is 2.37. The molecule has 0 radical (unpaired) electrons. The van der Waals surface area contributed by atoms with Crippen LogP contribution in [0.15, 0.2) is 26.3 Å². The fraction of sp³-hybridized carbons (Fsp3) is 0.438. The standard InChI is InChI=1S/C16H17N3O2S2/c1-9-3-4-13-11(5-9)7-14(23-13)15-17-18-16(20-15)22-8-12-6-10(2)19-21-12/h6-7,9H,3-5,8H2,1-2H3/t9-/m0/s1. The Hall–Kier alpha value is -1.60. The molecule has 1 aliphatic rings. The molecule has 5 nitrogen and oxygen atoms in total. The van der Waals surface area contributed by atoms with Crippen LogP contribution < -0.4 is 0 Å². The molecule has 0 N–H and O–H groups in total. The van der Waals surface area contributed by atoms with Gasteiger partial charge in [0.15, 0.2) is 0 Å². The molecule has 0 aliphatic heterocycles. The minimum absolute atomic E-state index is 0.564. The lowest BCUT2D eigenvalue weighted by Crippen LogP contribution is -2.07. The Labute approximate surface area is 142 Å². The first-order valence-corrected chi connectivity index (χ1v) is 9.48. The summed E-state index contributed by atoms with van der Waals surface area (Å²) >= 11 is 3.26. The number of aromatic nitrogens is 3. The summed E-state index contributed by atoms with van der Waals surface area (Å²) in [6.07, 6.45) is 3.60. The van der Waals surface area contributed by atoms with Gasteiger partial charge in [0.1, 0.15) is 5.76 Å². The van der Waals surface area contributed by atoms with E-state index in [2.05, 4.69) is 28.3 Å². The summed E-state index contributed by atoms with van der Waals surface area (Å²) in [5, 5.41) is 12.8. The lowest BCUT2D eigenvalue weighted by Gasteiger charge is -2.16. The van der Waals surface area contributed by atoms with Crippen molar-refractivity contribution in [3.63, 3.8) is 0 Å². The van der Waals surface area contributed by atoms with Gasteiger partial charge in [0.25, 0.3) is 11.1 Å². The van der Waals surface area contributed by atoms with Crippen molar-refractivity contribution in [2.24, 2.45) is 5.92 Å². The van der Waals surface area contributed by atoms with Gasteiger partial charge in [-0.15, -0.1) is 21.5 Å². The van der Waals surface area contributed by atoms with Crippen LogP contribution in [0.1, 0.15) is 35.2 Å². The third-order valence-electron chi connectivity index (χ3n) is 3.96. The molecular weight excluding hydrogens is 330 g/mol. The third kappa shape index (κ3) is 3.21. The second-order valence-electron chi connectivity index (χ2n) is 6.00. The average molecular weight is 347 g/mol. The minimum Gasteiger partial charge on any atom is -0.410 e. The summed E-state index contributed by atoms with van der Waals surface area (Å²) in [6.45, 7) is 4.22. The zero-order valence-electron chi connectivity index (χ0n) is 13.0. The van der Waals surface area contributed by atoms with Crippen molar-refractivity contribution in [1.29, 1.82) is 0 Å². The van der Waals surface area contributed by atoms with E-state index in [1.54, 1.807) is 11.3 Å². The molecule has 0 amide bonds. The van der Waals surface area contributed by atoms with Crippen LogP contribution in [-0.2, 0) is 18.6 Å². The molecule has 1 atom stereocenters. The second-order valence-corrected chi connectivity index (χ2v) is 8.07. The van der Waals surface area contributed by atoms with Crippen LogP contribution in [0.4, 0.5) is 0 Å². The van der Waals surface area contributed by atoms with Gasteiger partial charge in [0, 0.05) is 10.9 Å². The van der Waals surface area contributed by atoms with E-state index in [4.69, 9.17) is 8.94 Å². The zero-order chi connectivity index (χ0) is 15.8. The van der Waals surface area contributed by atoms with Crippen LogP contribution in [0.5, 0.6) is 0 Å². The predicted octanol–water partition coefficient (Wildman–Crippen LogP) is 4.51. The Bertz CT molecular complexity index is 821. The van der Waals surface area contributed by atoms with Crippen molar-refractivity contribution in [1.82, 2.24) is 15.4 Å². The molecule has 3 heterocycles. The van der Waals surface area contributed by atoms with Crippen molar-refractivity contribution in [3.05, 3.63) is 34.0 Å². The van der Waals surface area contributed by atoms with Gasteiger partial charge in [-0.3, -0.25) is 0 Å². The first-order valence-electron chi connectivity index (χ1n) is 7.68. The number of nitrogens with zero attached hydrogens (tertiary/aromatic N) is 3. The lowest BCUT2D eigenvalue weighted by molar-refractivity contribution is 0.390. The van der Waals surface area contributed by atoms with Gasteiger partial charge in [-0.25, -0.2) is 0 Å². The van der Waals surface area contributed by atoms with Crippen molar-refractivity contribution in [2.45, 2.75) is 44.1 Å². The van der Waals surface area contributed by atoms with E-state index in [1.165, 1.54) is 35.0 Å². The lowest BCUT2D eigenvalue weighted by atomic mass is 9.90. The Morgan fingerprint density at radius 1 is 1.35 bits per heavy atom. The molecule has 3 aromatic rings. The molecule has 7 heteroatoms. The van der Waals surface area contributed by atoms with Crippen LogP contribution >= 0.6 is 23.1 Å². The molecule has 4 rings (SSSR count). The van der Waals surface area contributed by atoms with Crippen LogP contribution in [0.2, 0.25) is 0 Å². The largest absolute Gasteiger partial charge is 0.410 e. The Kier molecular flexibility index (Phi) is 3.98. The third-order valence-corrected chi connectivity index (χ3v) is 6.03. The summed E-state index contributed by atoms with van der Waals surface area (Å²) in [6, 6.07) is 4.14. The second kappa shape index (κ2) is 6.13. The fourth-order valence-electron chi connectivity index (χ4n) is 2.80. The average Bonchev–Trinajstić information content (AvgIpc) is 3.23. The molecule has 0 saturated carbocycles. The SMILES string of the molecule is Cc1cc(CSc2nnc(-c3cc4c(s3)CC[C@H](C)C4)o2)on1. The number of fused-ring (bicyclic) bond motifs is 1. The van der Waals surface area contributed by atoms with E-state index in [9.17, 15) is 0 Å². The van der Waals surface area contributed by atoms with E-state index in [0.717, 1.165) is 28.7 Å². The maximum Gasteiger partial charge on any atom is 0.277 e. The maximum atomic E-state index is 5.79. The number of thioether (sulfide) groups is 1. The Morgan fingerprint density at radius 2 is 2.26 bits per heavy atom. The fourth-order valence-corrected chi connectivity index (χ4v) is 4.56. The summed E-state index contributed by atoms with van der Waals surface area (Å²) in [5.74, 6) is 2.84. The number of hydrogen-bond acceptors (Lipinski definition) is 7. The molecule has 0 spiro atoms. The molecule has 0 aromatic carbocycles. The summed E-state index contributed by atoms with van der Waals surface area (Å²) in [7, 11) is 0. The van der Waals surface area contributed by atoms with Gasteiger partial charge in [-0.05, 0) is 43.7 Å². The molecule has 0 saturated heterocycles. The van der Waals surface area contributed by atoms with Crippen molar-refractivity contribution < 1.29 is 8.94 Å². The highest BCUT2D eigenvalue weighted by Gasteiger charge is 2.21.